The molecule has 0 saturated carbocycles. The third kappa shape index (κ3) is 3.22. The molecule has 0 fully saturated rings. The molecule has 0 bridgehead atoms. The van der Waals surface area contributed by atoms with Crippen LogP contribution in [0, 0.1) is 0 Å². The highest BCUT2D eigenvalue weighted by Crippen LogP contribution is 1.99. The van der Waals surface area contributed by atoms with Crippen LogP contribution in [0.1, 0.15) is 30.3 Å². The number of rotatable bonds is 5. The molecule has 0 saturated heterocycles. The van der Waals surface area contributed by atoms with E-state index in [0.717, 1.165) is 12.8 Å². The van der Waals surface area contributed by atoms with E-state index in [1.54, 1.807) is 12.1 Å². The lowest BCUT2D eigenvalue weighted by atomic mass is 10.2. The number of furan rings is 1. The first kappa shape index (κ1) is 10.8. The standard InChI is InChI=1S/C10H16N2O2/c1-2-4-8(11)7-12-10(13)9-5-3-6-14-9/h3,5-6,8H,2,4,7,11H2,1H3,(H,12,13). The van der Waals surface area contributed by atoms with Crippen molar-refractivity contribution in [2.45, 2.75) is 25.8 Å². The average molecular weight is 196 g/mol. The van der Waals surface area contributed by atoms with Crippen molar-refractivity contribution in [3.8, 4) is 0 Å². The maximum Gasteiger partial charge on any atom is 0.287 e. The van der Waals surface area contributed by atoms with Crippen LogP contribution < -0.4 is 11.1 Å². The number of hydrogen-bond donors (Lipinski definition) is 2. The molecule has 0 aliphatic carbocycles. The quantitative estimate of drug-likeness (QED) is 0.742. The second kappa shape index (κ2) is 5.44. The summed E-state index contributed by atoms with van der Waals surface area (Å²) in [5.74, 6) is 0.121. The zero-order chi connectivity index (χ0) is 10.4. The molecule has 1 atom stereocenters. The average Bonchev–Trinajstić information content (AvgIpc) is 2.67. The minimum Gasteiger partial charge on any atom is -0.459 e. The van der Waals surface area contributed by atoms with Crippen LogP contribution in [-0.4, -0.2) is 18.5 Å². The van der Waals surface area contributed by atoms with E-state index in [4.69, 9.17) is 10.2 Å². The second-order valence-electron chi connectivity index (χ2n) is 3.24. The van der Waals surface area contributed by atoms with Crippen LogP contribution in [0.5, 0.6) is 0 Å². The Morgan fingerprint density at radius 2 is 2.50 bits per heavy atom. The SMILES string of the molecule is CCCC(N)CNC(=O)c1ccco1. The summed E-state index contributed by atoms with van der Waals surface area (Å²) in [7, 11) is 0. The minimum absolute atomic E-state index is 0.0268. The van der Waals surface area contributed by atoms with Gasteiger partial charge >= 0.3 is 0 Å². The molecular formula is C10H16N2O2. The van der Waals surface area contributed by atoms with E-state index in [-0.39, 0.29) is 11.9 Å². The number of nitrogens with one attached hydrogen (secondary N) is 1. The molecule has 78 valence electrons. The van der Waals surface area contributed by atoms with E-state index in [2.05, 4.69) is 12.2 Å². The Morgan fingerprint density at radius 3 is 3.07 bits per heavy atom. The molecule has 0 aliphatic heterocycles. The van der Waals surface area contributed by atoms with Crippen molar-refractivity contribution in [2.24, 2.45) is 5.73 Å². The van der Waals surface area contributed by atoms with Crippen LogP contribution in [-0.2, 0) is 0 Å². The second-order valence-corrected chi connectivity index (χ2v) is 3.24. The van der Waals surface area contributed by atoms with Crippen LogP contribution in [0.4, 0.5) is 0 Å². The molecule has 1 amide bonds. The third-order valence-electron chi connectivity index (χ3n) is 1.93. The first-order valence-electron chi connectivity index (χ1n) is 4.81. The van der Waals surface area contributed by atoms with Crippen LogP contribution in [0.2, 0.25) is 0 Å². The van der Waals surface area contributed by atoms with E-state index in [9.17, 15) is 4.79 Å². The highest BCUT2D eigenvalue weighted by atomic mass is 16.3. The van der Waals surface area contributed by atoms with Gasteiger partial charge in [-0.1, -0.05) is 13.3 Å². The largest absolute Gasteiger partial charge is 0.459 e. The van der Waals surface area contributed by atoms with Crippen molar-refractivity contribution in [3.05, 3.63) is 24.2 Å². The third-order valence-corrected chi connectivity index (χ3v) is 1.93. The lowest BCUT2D eigenvalue weighted by Crippen LogP contribution is -2.36. The van der Waals surface area contributed by atoms with Gasteiger partial charge in [0, 0.05) is 12.6 Å². The molecule has 0 spiro atoms. The predicted molar refractivity (Wildman–Crippen MR) is 53.9 cm³/mol. The van der Waals surface area contributed by atoms with Gasteiger partial charge in [-0.05, 0) is 18.6 Å². The van der Waals surface area contributed by atoms with Crippen LogP contribution >= 0.6 is 0 Å². The molecule has 4 heteroatoms. The molecule has 3 N–H and O–H groups in total. The van der Waals surface area contributed by atoms with Crippen LogP contribution in [0.15, 0.2) is 22.8 Å². The molecule has 0 aromatic carbocycles. The van der Waals surface area contributed by atoms with Crippen molar-refractivity contribution in [2.75, 3.05) is 6.54 Å². The van der Waals surface area contributed by atoms with Gasteiger partial charge in [0.15, 0.2) is 5.76 Å². The number of hydrogen-bond acceptors (Lipinski definition) is 3. The summed E-state index contributed by atoms with van der Waals surface area (Å²) >= 11 is 0. The summed E-state index contributed by atoms with van der Waals surface area (Å²) in [6.07, 6.45) is 3.41. The van der Waals surface area contributed by atoms with Crippen molar-refractivity contribution in [1.82, 2.24) is 5.32 Å². The fraction of sp³-hybridized carbons (Fsp3) is 0.500. The van der Waals surface area contributed by atoms with E-state index < -0.39 is 0 Å². The van der Waals surface area contributed by atoms with Gasteiger partial charge in [0.2, 0.25) is 0 Å². The summed E-state index contributed by atoms with van der Waals surface area (Å²) in [6.45, 7) is 2.56. The number of carbonyl (C=O) groups excluding carboxylic acids is 1. The molecular weight excluding hydrogens is 180 g/mol. The van der Waals surface area contributed by atoms with E-state index >= 15 is 0 Å². The molecule has 4 nitrogen and oxygen atoms in total. The Morgan fingerprint density at radius 1 is 1.71 bits per heavy atom. The Kier molecular flexibility index (Phi) is 4.19. The highest BCUT2D eigenvalue weighted by molar-refractivity contribution is 5.91. The molecule has 14 heavy (non-hydrogen) atoms. The molecule has 0 aliphatic rings. The molecule has 1 aromatic heterocycles. The topological polar surface area (TPSA) is 68.3 Å². The number of amides is 1. The zero-order valence-corrected chi connectivity index (χ0v) is 8.32. The zero-order valence-electron chi connectivity index (χ0n) is 8.32. The summed E-state index contributed by atoms with van der Waals surface area (Å²) in [5, 5.41) is 2.71. The Labute approximate surface area is 83.5 Å². The van der Waals surface area contributed by atoms with Gasteiger partial charge in [-0.2, -0.15) is 0 Å². The number of nitrogens with two attached hydrogens (primary N) is 1. The highest BCUT2D eigenvalue weighted by Gasteiger charge is 2.09. The van der Waals surface area contributed by atoms with Gasteiger partial charge in [-0.25, -0.2) is 0 Å². The minimum atomic E-state index is -0.207. The van der Waals surface area contributed by atoms with E-state index in [1.165, 1.54) is 6.26 Å². The summed E-state index contributed by atoms with van der Waals surface area (Å²) in [5.41, 5.74) is 5.74. The van der Waals surface area contributed by atoms with Gasteiger partial charge < -0.3 is 15.5 Å². The smallest absolute Gasteiger partial charge is 0.287 e. The van der Waals surface area contributed by atoms with Gasteiger partial charge in [0.05, 0.1) is 6.26 Å². The van der Waals surface area contributed by atoms with E-state index in [1.807, 2.05) is 0 Å². The predicted octanol–water partition coefficient (Wildman–Crippen LogP) is 1.14. The molecule has 1 unspecified atom stereocenters. The Hall–Kier alpha value is -1.29. The summed E-state index contributed by atoms with van der Waals surface area (Å²) in [4.78, 5) is 11.4. The monoisotopic (exact) mass is 196 g/mol. The maximum absolute atomic E-state index is 11.4. The Bertz CT molecular complexity index is 270. The molecule has 0 radical (unpaired) electrons. The van der Waals surface area contributed by atoms with Crippen LogP contribution in [0.3, 0.4) is 0 Å². The van der Waals surface area contributed by atoms with Gasteiger partial charge in [0.25, 0.3) is 5.91 Å². The maximum atomic E-state index is 11.4. The first-order chi connectivity index (χ1) is 6.74. The van der Waals surface area contributed by atoms with E-state index in [0.29, 0.717) is 12.3 Å². The molecule has 1 heterocycles. The van der Waals surface area contributed by atoms with Crippen molar-refractivity contribution >= 4 is 5.91 Å². The molecule has 1 aromatic rings. The number of carbonyl (C=O) groups is 1. The first-order valence-corrected chi connectivity index (χ1v) is 4.81. The van der Waals surface area contributed by atoms with Gasteiger partial charge in [-0.3, -0.25) is 4.79 Å². The van der Waals surface area contributed by atoms with Crippen molar-refractivity contribution in [1.29, 1.82) is 0 Å². The fourth-order valence-corrected chi connectivity index (χ4v) is 1.19. The lowest BCUT2D eigenvalue weighted by molar-refractivity contribution is 0.0923. The lowest BCUT2D eigenvalue weighted by Gasteiger charge is -2.10. The summed E-state index contributed by atoms with van der Waals surface area (Å²) in [6, 6.07) is 3.33. The Balaban J connectivity index is 2.28. The molecule has 1 rings (SSSR count). The van der Waals surface area contributed by atoms with Gasteiger partial charge in [0.1, 0.15) is 0 Å². The van der Waals surface area contributed by atoms with Crippen molar-refractivity contribution in [3.63, 3.8) is 0 Å². The fourth-order valence-electron chi connectivity index (χ4n) is 1.19. The van der Waals surface area contributed by atoms with Crippen LogP contribution in [0.25, 0.3) is 0 Å². The van der Waals surface area contributed by atoms with Crippen molar-refractivity contribution < 1.29 is 9.21 Å². The summed E-state index contributed by atoms with van der Waals surface area (Å²) < 4.78 is 4.93. The van der Waals surface area contributed by atoms with Gasteiger partial charge in [-0.15, -0.1) is 0 Å². The normalized spacial score (nSPS) is 12.4.